The highest BCUT2D eigenvalue weighted by Gasteiger charge is 2.24. The molecule has 2 aromatic heterocycles. The Kier molecular flexibility index (Phi) is 4.37. The van der Waals surface area contributed by atoms with E-state index in [4.69, 9.17) is 9.52 Å². The lowest BCUT2D eigenvalue weighted by molar-refractivity contribution is -0.139. The molecule has 0 aliphatic heterocycles. The Hall–Kier alpha value is -2.22. The van der Waals surface area contributed by atoms with Gasteiger partial charge in [-0.2, -0.15) is 0 Å². The molecule has 2 rings (SSSR count). The van der Waals surface area contributed by atoms with Gasteiger partial charge in [-0.15, -0.1) is 11.3 Å². The number of carbonyl (C=O) groups is 2. The van der Waals surface area contributed by atoms with Crippen molar-refractivity contribution < 1.29 is 23.5 Å². The molecule has 0 saturated heterocycles. The smallest absolute Gasteiger partial charge is 0.328 e. The number of hydrogen-bond donors (Lipinski definition) is 2. The molecule has 2 N–H and O–H groups in total. The highest BCUT2D eigenvalue weighted by atomic mass is 32.1. The number of aliphatic carboxylic acids is 1. The number of aryl methyl sites for hydroxylation is 2. The second-order valence-corrected chi connectivity index (χ2v) is 5.36. The molecule has 2 heterocycles. The molecule has 0 aliphatic rings. The largest absolute Gasteiger partial charge is 0.480 e. The van der Waals surface area contributed by atoms with Gasteiger partial charge in [-0.25, -0.2) is 14.2 Å². The Bertz CT molecular complexity index is 680. The van der Waals surface area contributed by atoms with Crippen LogP contribution in [0.3, 0.4) is 0 Å². The summed E-state index contributed by atoms with van der Waals surface area (Å²) in [7, 11) is 0. The van der Waals surface area contributed by atoms with E-state index in [-0.39, 0.29) is 4.88 Å². The molecule has 0 fully saturated rings. The topological polar surface area (TPSA) is 92.4 Å². The molecule has 0 aliphatic carbocycles. The van der Waals surface area contributed by atoms with Crippen molar-refractivity contribution in [2.45, 2.75) is 19.9 Å². The Morgan fingerprint density at radius 3 is 2.71 bits per heavy atom. The number of carboxylic acid groups (broad SMARTS) is 1. The van der Waals surface area contributed by atoms with Crippen LogP contribution in [0.5, 0.6) is 0 Å². The summed E-state index contributed by atoms with van der Waals surface area (Å²) in [4.78, 5) is 27.2. The number of nitrogens with one attached hydrogen (secondary N) is 1. The number of furan rings is 1. The SMILES string of the molecule is Cc1ccc(-c2nc(C)c(C(=O)NC(CF)C(=O)O)s2)o1. The number of halogens is 1. The van der Waals surface area contributed by atoms with Gasteiger partial charge in [0, 0.05) is 0 Å². The number of rotatable bonds is 5. The van der Waals surface area contributed by atoms with Crippen LogP contribution in [-0.4, -0.2) is 34.7 Å². The molecule has 0 spiro atoms. The summed E-state index contributed by atoms with van der Waals surface area (Å²) in [5, 5.41) is 11.4. The van der Waals surface area contributed by atoms with Crippen LogP contribution in [0.25, 0.3) is 10.8 Å². The van der Waals surface area contributed by atoms with Crippen LogP contribution in [0.2, 0.25) is 0 Å². The van der Waals surface area contributed by atoms with Crippen LogP contribution < -0.4 is 5.32 Å². The quantitative estimate of drug-likeness (QED) is 0.882. The van der Waals surface area contributed by atoms with E-state index >= 15 is 0 Å². The second-order valence-electron chi connectivity index (χ2n) is 4.36. The fraction of sp³-hybridized carbons (Fsp3) is 0.308. The normalized spacial score (nSPS) is 12.1. The van der Waals surface area contributed by atoms with E-state index < -0.39 is 24.6 Å². The molecule has 0 saturated carbocycles. The lowest BCUT2D eigenvalue weighted by Crippen LogP contribution is -2.42. The van der Waals surface area contributed by atoms with Gasteiger partial charge in [-0.3, -0.25) is 4.79 Å². The van der Waals surface area contributed by atoms with Crippen LogP contribution in [0, 0.1) is 13.8 Å². The molecular formula is C13H13FN2O4S. The number of hydrogen-bond acceptors (Lipinski definition) is 5. The predicted molar refractivity (Wildman–Crippen MR) is 74.2 cm³/mol. The first-order chi connectivity index (χ1) is 9.92. The maximum Gasteiger partial charge on any atom is 0.328 e. The molecular weight excluding hydrogens is 299 g/mol. The molecule has 8 heteroatoms. The third-order valence-electron chi connectivity index (χ3n) is 2.71. The number of aromatic nitrogens is 1. The van der Waals surface area contributed by atoms with Gasteiger partial charge < -0.3 is 14.8 Å². The van der Waals surface area contributed by atoms with Crippen LogP contribution in [-0.2, 0) is 4.79 Å². The molecule has 1 atom stereocenters. The Labute approximate surface area is 123 Å². The average Bonchev–Trinajstić information content (AvgIpc) is 3.01. The van der Waals surface area contributed by atoms with Crippen LogP contribution >= 0.6 is 11.3 Å². The summed E-state index contributed by atoms with van der Waals surface area (Å²) in [6.45, 7) is 2.23. The van der Waals surface area contributed by atoms with Crippen molar-refractivity contribution in [3.63, 3.8) is 0 Å². The first-order valence-corrected chi connectivity index (χ1v) is 6.88. The second kappa shape index (κ2) is 6.04. The van der Waals surface area contributed by atoms with Gasteiger partial charge in [0.1, 0.15) is 17.3 Å². The molecule has 0 bridgehead atoms. The Morgan fingerprint density at radius 1 is 1.48 bits per heavy atom. The monoisotopic (exact) mass is 312 g/mol. The van der Waals surface area contributed by atoms with Gasteiger partial charge in [0.2, 0.25) is 0 Å². The summed E-state index contributed by atoms with van der Waals surface area (Å²) in [6.07, 6.45) is 0. The molecule has 2 aromatic rings. The zero-order chi connectivity index (χ0) is 15.6. The van der Waals surface area contributed by atoms with Crippen LogP contribution in [0.4, 0.5) is 4.39 Å². The number of carboxylic acids is 1. The van der Waals surface area contributed by atoms with E-state index in [1.165, 1.54) is 0 Å². The summed E-state index contributed by atoms with van der Waals surface area (Å²) in [6, 6.07) is 1.94. The lowest BCUT2D eigenvalue weighted by Gasteiger charge is -2.09. The molecule has 0 radical (unpaired) electrons. The number of amides is 1. The minimum absolute atomic E-state index is 0.235. The number of alkyl halides is 1. The minimum Gasteiger partial charge on any atom is -0.480 e. The summed E-state index contributed by atoms with van der Waals surface area (Å²) >= 11 is 1.07. The first kappa shape index (κ1) is 15.2. The van der Waals surface area contributed by atoms with Gasteiger partial charge in [-0.05, 0) is 26.0 Å². The Balaban J connectivity index is 2.22. The number of nitrogens with zero attached hydrogens (tertiary/aromatic N) is 1. The van der Waals surface area contributed by atoms with Crippen molar-refractivity contribution >= 4 is 23.2 Å². The third kappa shape index (κ3) is 3.27. The highest BCUT2D eigenvalue weighted by Crippen LogP contribution is 2.29. The maximum absolute atomic E-state index is 12.5. The molecule has 21 heavy (non-hydrogen) atoms. The number of carbonyl (C=O) groups excluding carboxylic acids is 1. The predicted octanol–water partition coefficient (Wildman–Crippen LogP) is 2.17. The minimum atomic E-state index is -1.56. The van der Waals surface area contributed by atoms with Crippen molar-refractivity contribution in [1.82, 2.24) is 10.3 Å². The molecule has 6 nitrogen and oxygen atoms in total. The van der Waals surface area contributed by atoms with E-state index in [0.29, 0.717) is 22.2 Å². The molecule has 1 unspecified atom stereocenters. The van der Waals surface area contributed by atoms with Gasteiger partial charge in [-0.1, -0.05) is 0 Å². The summed E-state index contributed by atoms with van der Waals surface area (Å²) in [5.41, 5.74) is 0.435. The van der Waals surface area contributed by atoms with Gasteiger partial charge in [0.05, 0.1) is 5.69 Å². The van der Waals surface area contributed by atoms with Crippen molar-refractivity contribution in [2.24, 2.45) is 0 Å². The standard InChI is InChI=1S/C13H13FN2O4S/c1-6-3-4-9(20-6)12-15-7(2)10(21-12)11(17)16-8(5-14)13(18)19/h3-4,8H,5H2,1-2H3,(H,16,17)(H,18,19). The molecule has 112 valence electrons. The fourth-order valence-electron chi connectivity index (χ4n) is 1.65. The number of thiazole rings is 1. The van der Waals surface area contributed by atoms with Gasteiger partial charge >= 0.3 is 5.97 Å². The van der Waals surface area contributed by atoms with Crippen molar-refractivity contribution in [3.05, 3.63) is 28.5 Å². The van der Waals surface area contributed by atoms with E-state index in [9.17, 15) is 14.0 Å². The van der Waals surface area contributed by atoms with Crippen molar-refractivity contribution in [3.8, 4) is 10.8 Å². The zero-order valence-electron chi connectivity index (χ0n) is 11.3. The maximum atomic E-state index is 12.5. The van der Waals surface area contributed by atoms with E-state index in [2.05, 4.69) is 10.3 Å². The van der Waals surface area contributed by atoms with E-state index in [1.54, 1.807) is 26.0 Å². The van der Waals surface area contributed by atoms with E-state index in [1.807, 2.05) is 0 Å². The van der Waals surface area contributed by atoms with Crippen LogP contribution in [0.15, 0.2) is 16.5 Å². The van der Waals surface area contributed by atoms with E-state index in [0.717, 1.165) is 11.3 Å². The van der Waals surface area contributed by atoms with Gasteiger partial charge in [0.25, 0.3) is 5.91 Å². The fourth-order valence-corrected chi connectivity index (χ4v) is 2.58. The third-order valence-corrected chi connectivity index (χ3v) is 3.88. The molecule has 0 aromatic carbocycles. The highest BCUT2D eigenvalue weighted by molar-refractivity contribution is 7.17. The molecule has 1 amide bonds. The van der Waals surface area contributed by atoms with Crippen molar-refractivity contribution in [2.75, 3.05) is 6.67 Å². The van der Waals surface area contributed by atoms with Gasteiger partial charge in [0.15, 0.2) is 16.8 Å². The average molecular weight is 312 g/mol. The zero-order valence-corrected chi connectivity index (χ0v) is 12.2. The summed E-state index contributed by atoms with van der Waals surface area (Å²) in [5.74, 6) is -0.841. The Morgan fingerprint density at radius 2 is 2.19 bits per heavy atom. The summed E-state index contributed by atoms with van der Waals surface area (Å²) < 4.78 is 18.0. The van der Waals surface area contributed by atoms with Crippen LogP contribution in [0.1, 0.15) is 21.1 Å². The first-order valence-electron chi connectivity index (χ1n) is 6.06. The van der Waals surface area contributed by atoms with Crippen molar-refractivity contribution in [1.29, 1.82) is 0 Å². The lowest BCUT2D eigenvalue weighted by atomic mass is 10.3.